The Morgan fingerprint density at radius 3 is 2.31 bits per heavy atom. The van der Waals surface area contributed by atoms with Gasteiger partial charge in [-0.1, -0.05) is 15.9 Å². The topological polar surface area (TPSA) is 54.0 Å². The predicted octanol–water partition coefficient (Wildman–Crippen LogP) is 4.79. The number of halogens is 7. The minimum absolute atomic E-state index is 0.111. The van der Waals surface area contributed by atoms with E-state index in [2.05, 4.69) is 26.2 Å². The predicted molar refractivity (Wildman–Crippen MR) is 84.6 cm³/mol. The molecule has 2 rings (SSSR count). The van der Waals surface area contributed by atoms with E-state index in [1.165, 1.54) is 24.3 Å². The molecule has 4 nitrogen and oxygen atoms in total. The van der Waals surface area contributed by atoms with Gasteiger partial charge in [-0.2, -0.15) is 26.3 Å². The molecule has 0 atom stereocenters. The molecule has 2 N–H and O–H groups in total. The van der Waals surface area contributed by atoms with Crippen LogP contribution in [-0.4, -0.2) is 17.1 Å². The van der Waals surface area contributed by atoms with Gasteiger partial charge < -0.3 is 10.6 Å². The Morgan fingerprint density at radius 2 is 1.77 bits per heavy atom. The molecule has 0 bridgehead atoms. The fourth-order valence-corrected chi connectivity index (χ4v) is 2.25. The van der Waals surface area contributed by atoms with Crippen LogP contribution in [0.3, 0.4) is 0 Å². The molecular weight excluding hydrogens is 432 g/mol. The minimum atomic E-state index is -5.00. The first kappa shape index (κ1) is 20.0. The van der Waals surface area contributed by atoms with E-state index in [1.807, 2.05) is 0 Å². The summed E-state index contributed by atoms with van der Waals surface area (Å²) in [5.74, 6) is -2.11. The Balaban J connectivity index is 2.10. The molecule has 0 aliphatic rings. The van der Waals surface area contributed by atoms with Crippen molar-refractivity contribution in [3.8, 4) is 0 Å². The van der Waals surface area contributed by atoms with Gasteiger partial charge >= 0.3 is 18.3 Å². The third-order valence-electron chi connectivity index (χ3n) is 3.08. The van der Waals surface area contributed by atoms with Gasteiger partial charge in [-0.15, -0.1) is 0 Å². The van der Waals surface area contributed by atoms with Crippen molar-refractivity contribution in [2.24, 2.45) is 0 Å². The number of pyridine rings is 1. The summed E-state index contributed by atoms with van der Waals surface area (Å²) in [4.78, 5) is 14.5. The van der Waals surface area contributed by atoms with Crippen LogP contribution in [0, 0.1) is 0 Å². The summed E-state index contributed by atoms with van der Waals surface area (Å²) in [5, 5.41) is 4.19. The maximum atomic E-state index is 13.1. The summed E-state index contributed by atoms with van der Waals surface area (Å²) >= 11 is 2.97. The molecule has 0 aliphatic carbocycles. The molecule has 0 aliphatic heterocycles. The Labute approximate surface area is 151 Å². The molecule has 26 heavy (non-hydrogen) atoms. The first-order chi connectivity index (χ1) is 12.0. The number of carbonyl (C=O) groups excluding carboxylic acids is 1. The first-order valence-electron chi connectivity index (χ1n) is 6.90. The van der Waals surface area contributed by atoms with E-state index in [9.17, 15) is 31.1 Å². The van der Waals surface area contributed by atoms with Crippen molar-refractivity contribution >= 4 is 33.2 Å². The van der Waals surface area contributed by atoms with Gasteiger partial charge in [0.15, 0.2) is 0 Å². The fraction of sp³-hybridized carbons (Fsp3) is 0.200. The highest BCUT2D eigenvalue weighted by Crippen LogP contribution is 2.37. The van der Waals surface area contributed by atoms with E-state index in [1.54, 1.807) is 5.32 Å². The zero-order chi connectivity index (χ0) is 19.5. The van der Waals surface area contributed by atoms with Crippen LogP contribution < -0.4 is 10.6 Å². The maximum absolute atomic E-state index is 13.1. The highest BCUT2D eigenvalue weighted by atomic mass is 79.9. The molecule has 140 valence electrons. The molecule has 0 fully saturated rings. The lowest BCUT2D eigenvalue weighted by Gasteiger charge is -2.15. The van der Waals surface area contributed by atoms with E-state index >= 15 is 0 Å². The van der Waals surface area contributed by atoms with Crippen LogP contribution in [0.15, 0.2) is 41.0 Å². The van der Waals surface area contributed by atoms with Crippen LogP contribution in [0.4, 0.5) is 37.7 Å². The second-order valence-corrected chi connectivity index (χ2v) is 5.95. The quantitative estimate of drug-likeness (QED) is 0.671. The van der Waals surface area contributed by atoms with Crippen LogP contribution in [0.25, 0.3) is 0 Å². The summed E-state index contributed by atoms with van der Waals surface area (Å²) in [5.41, 5.74) is -0.794. The second-order valence-electron chi connectivity index (χ2n) is 5.03. The van der Waals surface area contributed by atoms with Gasteiger partial charge in [0, 0.05) is 4.47 Å². The Hall–Kier alpha value is -2.30. The molecule has 0 radical (unpaired) electrons. The highest BCUT2D eigenvalue weighted by Gasteiger charge is 2.38. The normalized spacial score (nSPS) is 12.0. The van der Waals surface area contributed by atoms with Gasteiger partial charge in [0.2, 0.25) is 0 Å². The van der Waals surface area contributed by atoms with E-state index in [4.69, 9.17) is 0 Å². The van der Waals surface area contributed by atoms with Gasteiger partial charge in [0.25, 0.3) is 0 Å². The Kier molecular flexibility index (Phi) is 5.79. The Morgan fingerprint density at radius 1 is 1.08 bits per heavy atom. The van der Waals surface area contributed by atoms with Crippen LogP contribution in [0.2, 0.25) is 0 Å². The summed E-state index contributed by atoms with van der Waals surface area (Å²) < 4.78 is 75.7. The lowest BCUT2D eigenvalue weighted by Crippen LogP contribution is -2.36. The Bertz CT molecular complexity index is 789. The van der Waals surface area contributed by atoms with Crippen LogP contribution in [0.5, 0.6) is 0 Å². The second kappa shape index (κ2) is 7.52. The number of nitrogens with one attached hydrogen (secondary N) is 2. The summed E-state index contributed by atoms with van der Waals surface area (Å²) in [6.07, 6.45) is -8.43. The number of carbonyl (C=O) groups is 1. The molecular formula is C15H10BrF6N3O. The zero-order valence-corrected chi connectivity index (χ0v) is 14.3. The number of aromatic nitrogens is 1. The van der Waals surface area contributed by atoms with Crippen molar-refractivity contribution in [1.29, 1.82) is 0 Å². The van der Waals surface area contributed by atoms with Crippen molar-refractivity contribution in [2.45, 2.75) is 18.9 Å². The van der Waals surface area contributed by atoms with Crippen LogP contribution >= 0.6 is 15.9 Å². The third-order valence-corrected chi connectivity index (χ3v) is 3.57. The number of benzene rings is 1. The molecule has 0 saturated carbocycles. The SMILES string of the molecule is O=C(NCc1ccc(Nc2ccc(Br)cc2C(F)(F)F)cn1)C(F)(F)F. The van der Waals surface area contributed by atoms with E-state index in [0.717, 1.165) is 12.3 Å². The molecule has 0 saturated heterocycles. The summed E-state index contributed by atoms with van der Waals surface area (Å²) in [6.45, 7) is -0.468. The molecule has 0 spiro atoms. The molecule has 1 aromatic carbocycles. The lowest BCUT2D eigenvalue weighted by molar-refractivity contribution is -0.173. The summed E-state index contributed by atoms with van der Waals surface area (Å²) in [7, 11) is 0. The molecule has 0 unspecified atom stereocenters. The van der Waals surface area contributed by atoms with E-state index in [0.29, 0.717) is 0 Å². The van der Waals surface area contributed by atoms with Gasteiger partial charge in [0.1, 0.15) is 0 Å². The van der Waals surface area contributed by atoms with Gasteiger partial charge in [-0.25, -0.2) is 0 Å². The monoisotopic (exact) mass is 441 g/mol. The fourth-order valence-electron chi connectivity index (χ4n) is 1.89. The number of hydrogen-bond acceptors (Lipinski definition) is 3. The molecule has 1 aromatic heterocycles. The smallest absolute Gasteiger partial charge is 0.354 e. The van der Waals surface area contributed by atoms with Crippen molar-refractivity contribution in [2.75, 3.05) is 5.32 Å². The molecule has 1 heterocycles. The molecule has 1 amide bonds. The molecule has 2 aromatic rings. The number of hydrogen-bond donors (Lipinski definition) is 2. The van der Waals surface area contributed by atoms with Crippen molar-refractivity contribution in [3.63, 3.8) is 0 Å². The van der Waals surface area contributed by atoms with Gasteiger partial charge in [0.05, 0.1) is 35.4 Å². The third kappa shape index (κ3) is 5.35. The van der Waals surface area contributed by atoms with Gasteiger partial charge in [-0.05, 0) is 30.3 Å². The largest absolute Gasteiger partial charge is 0.471 e. The number of nitrogens with zero attached hydrogens (tertiary/aromatic N) is 1. The summed E-state index contributed by atoms with van der Waals surface area (Å²) in [6, 6.07) is 6.18. The average molecular weight is 442 g/mol. The number of rotatable bonds is 4. The van der Waals surface area contributed by atoms with Crippen molar-refractivity contribution in [3.05, 3.63) is 52.3 Å². The highest BCUT2D eigenvalue weighted by molar-refractivity contribution is 9.10. The zero-order valence-electron chi connectivity index (χ0n) is 12.7. The van der Waals surface area contributed by atoms with Crippen molar-refractivity contribution < 1.29 is 31.1 Å². The number of alkyl halides is 6. The standard InChI is InChI=1S/C15H10BrF6N3O/c16-8-1-4-12(11(5-8)14(17,18)19)25-10-3-2-9(23-7-10)6-24-13(26)15(20,21)22/h1-5,7,25H,6H2,(H,24,26). The van der Waals surface area contributed by atoms with E-state index < -0.39 is 30.4 Å². The maximum Gasteiger partial charge on any atom is 0.471 e. The van der Waals surface area contributed by atoms with Crippen LogP contribution in [0.1, 0.15) is 11.3 Å². The van der Waals surface area contributed by atoms with Crippen molar-refractivity contribution in [1.82, 2.24) is 10.3 Å². The lowest BCUT2D eigenvalue weighted by atomic mass is 10.1. The number of anilines is 2. The van der Waals surface area contributed by atoms with Gasteiger partial charge in [-0.3, -0.25) is 9.78 Å². The first-order valence-corrected chi connectivity index (χ1v) is 7.70. The van der Waals surface area contributed by atoms with E-state index in [-0.39, 0.29) is 21.5 Å². The molecule has 11 heteroatoms. The van der Waals surface area contributed by atoms with Crippen LogP contribution in [-0.2, 0) is 17.5 Å². The minimum Gasteiger partial charge on any atom is -0.354 e. The average Bonchev–Trinajstić information content (AvgIpc) is 2.53. The number of amides is 1.